The number of hydrogen-bond donors (Lipinski definition) is 1. The van der Waals surface area contributed by atoms with Crippen molar-refractivity contribution in [3.05, 3.63) is 141 Å². The molecule has 218 valence electrons. The van der Waals surface area contributed by atoms with Crippen molar-refractivity contribution in [2.75, 3.05) is 10.2 Å². The van der Waals surface area contributed by atoms with Gasteiger partial charge in [-0.1, -0.05) is 86.2 Å². The molecule has 0 saturated carbocycles. The molecule has 8 nitrogen and oxygen atoms in total. The number of fused-ring (bicyclic) bond motifs is 6. The molecule has 1 spiro atoms. The number of Topliss-reactive ketones (excluding diaryl/α,β-unsaturated/α-hetero) is 2. The van der Waals surface area contributed by atoms with Crippen LogP contribution in [0.1, 0.15) is 50.8 Å². The van der Waals surface area contributed by atoms with E-state index in [4.69, 9.17) is 0 Å². The standard InChI is InChI=1S/C36H29N3O5/c1-2-7-22-12-14-24(15-13-22)33(40)31-32(34(41)25-16-19-26(20-17-25)39(43)44)38-29-11-6-3-8-23(29)18-21-30(38)36(31)27-9-4-5-10-28(27)37-35(36)42/h3-6,8-21,30-32H,2,7H2,1H3,(H,37,42)/t30-,31-,32+,36+/m0/s1. The lowest BCUT2D eigenvalue weighted by Crippen LogP contribution is -2.51. The molecule has 1 amide bonds. The van der Waals surface area contributed by atoms with Crippen molar-refractivity contribution in [2.45, 2.75) is 37.3 Å². The third-order valence-electron chi connectivity index (χ3n) is 9.23. The highest BCUT2D eigenvalue weighted by Crippen LogP contribution is 2.58. The minimum atomic E-state index is -1.42. The number of nitro groups is 1. The number of nitrogens with zero attached hydrogens (tertiary/aromatic N) is 2. The van der Waals surface area contributed by atoms with Crippen LogP contribution in [0.25, 0.3) is 6.08 Å². The highest BCUT2D eigenvalue weighted by atomic mass is 16.6. The molecule has 3 aliphatic rings. The zero-order valence-corrected chi connectivity index (χ0v) is 24.0. The van der Waals surface area contributed by atoms with Crippen LogP contribution in [0.2, 0.25) is 0 Å². The van der Waals surface area contributed by atoms with Gasteiger partial charge in [0.05, 0.1) is 16.9 Å². The number of amides is 1. The van der Waals surface area contributed by atoms with Crippen molar-refractivity contribution in [3.63, 3.8) is 0 Å². The number of anilines is 2. The fourth-order valence-electron chi connectivity index (χ4n) is 7.34. The minimum Gasteiger partial charge on any atom is -0.352 e. The first-order valence-corrected chi connectivity index (χ1v) is 14.7. The monoisotopic (exact) mass is 583 g/mol. The summed E-state index contributed by atoms with van der Waals surface area (Å²) in [5.74, 6) is -2.13. The number of rotatable bonds is 7. The maximum absolute atomic E-state index is 14.9. The third-order valence-corrected chi connectivity index (χ3v) is 9.23. The van der Waals surface area contributed by atoms with Crippen LogP contribution in [0.15, 0.2) is 103 Å². The van der Waals surface area contributed by atoms with E-state index in [9.17, 15) is 24.5 Å². The van der Waals surface area contributed by atoms with Gasteiger partial charge in [0.15, 0.2) is 11.6 Å². The Morgan fingerprint density at radius 1 is 0.886 bits per heavy atom. The van der Waals surface area contributed by atoms with E-state index in [2.05, 4.69) is 12.2 Å². The summed E-state index contributed by atoms with van der Waals surface area (Å²) in [5, 5.41) is 14.4. The van der Waals surface area contributed by atoms with Crippen LogP contribution in [-0.4, -0.2) is 34.5 Å². The van der Waals surface area contributed by atoms with Gasteiger partial charge in [0, 0.05) is 34.6 Å². The van der Waals surface area contributed by atoms with Crippen molar-refractivity contribution < 1.29 is 19.3 Å². The van der Waals surface area contributed by atoms with E-state index in [1.807, 2.05) is 77.7 Å². The Hall–Kier alpha value is -5.37. The molecule has 0 bridgehead atoms. The van der Waals surface area contributed by atoms with Gasteiger partial charge in [0.25, 0.3) is 5.69 Å². The topological polar surface area (TPSA) is 110 Å². The highest BCUT2D eigenvalue weighted by Gasteiger charge is 2.70. The molecule has 1 fully saturated rings. The number of carbonyl (C=O) groups is 3. The van der Waals surface area contributed by atoms with Gasteiger partial charge in [-0.25, -0.2) is 0 Å². The molecule has 4 aromatic rings. The fraction of sp³-hybridized carbons (Fsp3) is 0.194. The van der Waals surface area contributed by atoms with Crippen LogP contribution in [0, 0.1) is 16.0 Å². The summed E-state index contributed by atoms with van der Waals surface area (Å²) in [4.78, 5) is 56.8. The van der Waals surface area contributed by atoms with E-state index in [0.29, 0.717) is 16.8 Å². The molecule has 44 heavy (non-hydrogen) atoms. The first-order chi connectivity index (χ1) is 21.4. The smallest absolute Gasteiger partial charge is 0.269 e. The van der Waals surface area contributed by atoms with Crippen LogP contribution in [0.4, 0.5) is 17.1 Å². The Kier molecular flexibility index (Phi) is 6.50. The first-order valence-electron chi connectivity index (χ1n) is 14.7. The molecule has 7 rings (SSSR count). The van der Waals surface area contributed by atoms with Gasteiger partial charge in [0.1, 0.15) is 11.5 Å². The number of carbonyl (C=O) groups excluding carboxylic acids is 3. The molecular weight excluding hydrogens is 554 g/mol. The molecule has 3 heterocycles. The second-order valence-corrected chi connectivity index (χ2v) is 11.5. The average Bonchev–Trinajstić information content (AvgIpc) is 3.53. The SMILES string of the molecule is CCCc1ccc(C(=O)[C@@H]2[C@H](C(=O)c3ccc([N+](=O)[O-])cc3)N3c4ccccc4C=C[C@H]3[C@@]23C(=O)Nc2ccccc23)cc1. The van der Waals surface area contributed by atoms with Crippen molar-refractivity contribution in [3.8, 4) is 0 Å². The highest BCUT2D eigenvalue weighted by molar-refractivity contribution is 6.18. The summed E-state index contributed by atoms with van der Waals surface area (Å²) >= 11 is 0. The number of ketones is 2. The lowest BCUT2D eigenvalue weighted by atomic mass is 9.64. The molecule has 0 radical (unpaired) electrons. The Labute approximate surface area is 254 Å². The number of nitrogens with one attached hydrogen (secondary N) is 1. The summed E-state index contributed by atoms with van der Waals surface area (Å²) in [7, 11) is 0. The summed E-state index contributed by atoms with van der Waals surface area (Å²) in [5.41, 5.74) is 3.08. The summed E-state index contributed by atoms with van der Waals surface area (Å²) in [6, 6.07) is 26.1. The van der Waals surface area contributed by atoms with Crippen LogP contribution >= 0.6 is 0 Å². The van der Waals surface area contributed by atoms with E-state index in [0.717, 1.165) is 29.7 Å². The van der Waals surface area contributed by atoms with Gasteiger partial charge < -0.3 is 10.2 Å². The van der Waals surface area contributed by atoms with Crippen molar-refractivity contribution in [1.29, 1.82) is 0 Å². The first kappa shape index (κ1) is 27.5. The van der Waals surface area contributed by atoms with Crippen LogP contribution in [-0.2, 0) is 16.6 Å². The number of nitro benzene ring substituents is 1. The normalized spacial score (nSPS) is 22.7. The van der Waals surface area contributed by atoms with Crippen LogP contribution in [0.3, 0.4) is 0 Å². The van der Waals surface area contributed by atoms with Crippen molar-refractivity contribution in [2.24, 2.45) is 5.92 Å². The molecule has 8 heteroatoms. The van der Waals surface area contributed by atoms with Gasteiger partial charge in [0.2, 0.25) is 5.91 Å². The molecule has 3 aliphatic heterocycles. The predicted molar refractivity (Wildman–Crippen MR) is 168 cm³/mol. The van der Waals surface area contributed by atoms with E-state index in [1.54, 1.807) is 12.1 Å². The predicted octanol–water partition coefficient (Wildman–Crippen LogP) is 6.40. The Morgan fingerprint density at radius 3 is 2.27 bits per heavy atom. The van der Waals surface area contributed by atoms with E-state index >= 15 is 0 Å². The Bertz CT molecular complexity index is 1860. The maximum Gasteiger partial charge on any atom is 0.269 e. The average molecular weight is 584 g/mol. The third kappa shape index (κ3) is 3.94. The molecule has 0 aromatic heterocycles. The fourth-order valence-corrected chi connectivity index (χ4v) is 7.34. The molecule has 4 aromatic carbocycles. The summed E-state index contributed by atoms with van der Waals surface area (Å²) in [6.07, 6.45) is 5.71. The van der Waals surface area contributed by atoms with Crippen LogP contribution in [0.5, 0.6) is 0 Å². The number of aryl methyl sites for hydroxylation is 1. The molecule has 0 aliphatic carbocycles. The lowest BCUT2D eigenvalue weighted by molar-refractivity contribution is -0.384. The molecule has 0 unspecified atom stereocenters. The van der Waals surface area contributed by atoms with Crippen molar-refractivity contribution >= 4 is 40.6 Å². The second kappa shape index (κ2) is 10.4. The number of hydrogen-bond acceptors (Lipinski definition) is 6. The van der Waals surface area contributed by atoms with E-state index in [1.165, 1.54) is 24.3 Å². The molecular formula is C36H29N3O5. The van der Waals surface area contributed by atoms with Gasteiger partial charge in [-0.3, -0.25) is 24.5 Å². The second-order valence-electron chi connectivity index (χ2n) is 11.5. The van der Waals surface area contributed by atoms with Gasteiger partial charge in [-0.05, 0) is 47.4 Å². The number of non-ortho nitro benzene ring substituents is 1. The maximum atomic E-state index is 14.9. The zero-order valence-electron chi connectivity index (χ0n) is 24.0. The van der Waals surface area contributed by atoms with Gasteiger partial charge in [-0.15, -0.1) is 0 Å². The van der Waals surface area contributed by atoms with E-state index < -0.39 is 28.3 Å². The lowest BCUT2D eigenvalue weighted by Gasteiger charge is -2.37. The largest absolute Gasteiger partial charge is 0.352 e. The molecule has 4 atom stereocenters. The number of para-hydroxylation sites is 2. The van der Waals surface area contributed by atoms with Crippen molar-refractivity contribution in [1.82, 2.24) is 0 Å². The molecule has 1 saturated heterocycles. The number of benzene rings is 4. The van der Waals surface area contributed by atoms with Gasteiger partial charge in [-0.2, -0.15) is 0 Å². The zero-order chi connectivity index (χ0) is 30.6. The van der Waals surface area contributed by atoms with E-state index in [-0.39, 0.29) is 28.7 Å². The summed E-state index contributed by atoms with van der Waals surface area (Å²) < 4.78 is 0. The Morgan fingerprint density at radius 2 is 1.55 bits per heavy atom. The van der Waals surface area contributed by atoms with Gasteiger partial charge >= 0.3 is 0 Å². The Balaban J connectivity index is 1.48. The quantitative estimate of drug-likeness (QED) is 0.153. The minimum absolute atomic E-state index is 0.141. The summed E-state index contributed by atoms with van der Waals surface area (Å²) in [6.45, 7) is 2.09. The molecule has 1 N–H and O–H groups in total. The van der Waals surface area contributed by atoms with Crippen LogP contribution < -0.4 is 10.2 Å².